The van der Waals surface area contributed by atoms with Crippen molar-refractivity contribution in [1.29, 1.82) is 0 Å². The zero-order valence-electron chi connectivity index (χ0n) is 11.8. The molecule has 0 saturated carbocycles. The Morgan fingerprint density at radius 3 is 2.70 bits per heavy atom. The molecule has 0 aliphatic rings. The molecule has 0 aromatic heterocycles. The van der Waals surface area contributed by atoms with Crippen molar-refractivity contribution in [3.63, 3.8) is 0 Å². The molecular weight excluding hydrogens is 280 g/mol. The zero-order valence-corrected chi connectivity index (χ0v) is 12.6. The van der Waals surface area contributed by atoms with Crippen LogP contribution < -0.4 is 10.5 Å². The van der Waals surface area contributed by atoms with Gasteiger partial charge in [-0.3, -0.25) is 0 Å². The van der Waals surface area contributed by atoms with Gasteiger partial charge >= 0.3 is 0 Å². The van der Waals surface area contributed by atoms with Gasteiger partial charge in [0.05, 0.1) is 11.6 Å². The van der Waals surface area contributed by atoms with E-state index in [9.17, 15) is 0 Å². The molecule has 6 heteroatoms. The molecule has 0 spiro atoms. The quantitative estimate of drug-likeness (QED) is 0.254. The maximum Gasteiger partial charge on any atom is 0.170 e. The Labute approximate surface area is 124 Å². The minimum atomic E-state index is 0.00969. The standard InChI is InChI=1S/C14H21ClN2O3/c1-10(2)5-6-19-7-8-20-13-4-3-11(9-12(13)15)14(16)17-18/h3-4,9-10,18H,5-8H2,1-2H3,(H2,16,17). The summed E-state index contributed by atoms with van der Waals surface area (Å²) in [7, 11) is 0. The first-order valence-corrected chi connectivity index (χ1v) is 6.90. The highest BCUT2D eigenvalue weighted by Gasteiger charge is 2.06. The summed E-state index contributed by atoms with van der Waals surface area (Å²) in [5.41, 5.74) is 6.01. The molecule has 3 N–H and O–H groups in total. The number of hydrogen-bond donors (Lipinski definition) is 2. The molecule has 1 aromatic rings. The first kappa shape index (κ1) is 16.6. The van der Waals surface area contributed by atoms with Gasteiger partial charge in [0.1, 0.15) is 12.4 Å². The van der Waals surface area contributed by atoms with Crippen LogP contribution in [0.4, 0.5) is 0 Å². The van der Waals surface area contributed by atoms with Crippen molar-refractivity contribution < 1.29 is 14.7 Å². The summed E-state index contributed by atoms with van der Waals surface area (Å²) in [6, 6.07) is 4.95. The van der Waals surface area contributed by atoms with Crippen LogP contribution in [0.25, 0.3) is 0 Å². The molecule has 0 aliphatic carbocycles. The third-order valence-corrected chi connectivity index (χ3v) is 2.96. The smallest absolute Gasteiger partial charge is 0.170 e. The van der Waals surface area contributed by atoms with Gasteiger partial charge in [0, 0.05) is 12.2 Å². The van der Waals surface area contributed by atoms with E-state index >= 15 is 0 Å². The average molecular weight is 301 g/mol. The molecule has 0 bridgehead atoms. The lowest BCUT2D eigenvalue weighted by Gasteiger charge is -2.10. The molecular formula is C14H21ClN2O3. The molecule has 0 aliphatic heterocycles. The zero-order chi connectivity index (χ0) is 15.0. The summed E-state index contributed by atoms with van der Waals surface area (Å²) >= 11 is 6.05. The van der Waals surface area contributed by atoms with Gasteiger partial charge in [-0.25, -0.2) is 0 Å². The topological polar surface area (TPSA) is 77.1 Å². The predicted molar refractivity (Wildman–Crippen MR) is 79.7 cm³/mol. The van der Waals surface area contributed by atoms with Crippen molar-refractivity contribution in [2.24, 2.45) is 16.8 Å². The van der Waals surface area contributed by atoms with Crippen LogP contribution in [0.3, 0.4) is 0 Å². The van der Waals surface area contributed by atoms with E-state index in [0.717, 1.165) is 13.0 Å². The number of oxime groups is 1. The Morgan fingerprint density at radius 1 is 1.35 bits per heavy atom. The fourth-order valence-corrected chi connectivity index (χ4v) is 1.70. The van der Waals surface area contributed by atoms with E-state index in [0.29, 0.717) is 35.5 Å². The van der Waals surface area contributed by atoms with Gasteiger partial charge in [-0.1, -0.05) is 30.6 Å². The molecule has 0 saturated heterocycles. The van der Waals surface area contributed by atoms with Crippen LogP contribution in [0.15, 0.2) is 23.4 Å². The van der Waals surface area contributed by atoms with E-state index in [1.54, 1.807) is 18.2 Å². The molecule has 0 unspecified atom stereocenters. The van der Waals surface area contributed by atoms with Gasteiger partial charge in [0.2, 0.25) is 0 Å². The van der Waals surface area contributed by atoms with Gasteiger partial charge in [0.25, 0.3) is 0 Å². The van der Waals surface area contributed by atoms with Gasteiger partial charge in [0.15, 0.2) is 5.84 Å². The van der Waals surface area contributed by atoms with E-state index in [2.05, 4.69) is 19.0 Å². The summed E-state index contributed by atoms with van der Waals surface area (Å²) in [5.74, 6) is 1.20. The largest absolute Gasteiger partial charge is 0.490 e. The number of halogens is 1. The lowest BCUT2D eigenvalue weighted by molar-refractivity contribution is 0.0926. The minimum Gasteiger partial charge on any atom is -0.490 e. The summed E-state index contributed by atoms with van der Waals surface area (Å²) in [6.45, 7) is 5.99. The maximum atomic E-state index is 8.58. The Kier molecular flexibility index (Phi) is 7.18. The summed E-state index contributed by atoms with van der Waals surface area (Å²) in [4.78, 5) is 0. The fourth-order valence-electron chi connectivity index (χ4n) is 1.47. The average Bonchev–Trinajstić information content (AvgIpc) is 2.42. The van der Waals surface area contributed by atoms with Crippen LogP contribution >= 0.6 is 11.6 Å². The Morgan fingerprint density at radius 2 is 2.10 bits per heavy atom. The highest BCUT2D eigenvalue weighted by molar-refractivity contribution is 6.32. The van der Waals surface area contributed by atoms with Crippen molar-refractivity contribution >= 4 is 17.4 Å². The van der Waals surface area contributed by atoms with Crippen LogP contribution in [-0.2, 0) is 4.74 Å². The first-order chi connectivity index (χ1) is 9.54. The van der Waals surface area contributed by atoms with Gasteiger partial charge in [-0.15, -0.1) is 0 Å². The lowest BCUT2D eigenvalue weighted by Crippen LogP contribution is -2.13. The van der Waals surface area contributed by atoms with Gasteiger partial charge in [-0.2, -0.15) is 0 Å². The normalized spacial score (nSPS) is 11.9. The molecule has 1 rings (SSSR count). The number of rotatable bonds is 8. The highest BCUT2D eigenvalue weighted by atomic mass is 35.5. The van der Waals surface area contributed by atoms with Crippen molar-refractivity contribution in [2.45, 2.75) is 20.3 Å². The van der Waals surface area contributed by atoms with Crippen molar-refractivity contribution in [3.8, 4) is 5.75 Å². The molecule has 0 amide bonds. The second kappa shape index (κ2) is 8.66. The lowest BCUT2D eigenvalue weighted by atomic mass is 10.1. The number of nitrogens with two attached hydrogens (primary N) is 1. The fraction of sp³-hybridized carbons (Fsp3) is 0.500. The molecule has 112 valence electrons. The Balaban J connectivity index is 2.38. The summed E-state index contributed by atoms with van der Waals surface area (Å²) in [5, 5.41) is 11.9. The summed E-state index contributed by atoms with van der Waals surface area (Å²) in [6.07, 6.45) is 1.04. The van der Waals surface area contributed by atoms with Crippen LogP contribution in [0.2, 0.25) is 5.02 Å². The van der Waals surface area contributed by atoms with E-state index in [4.69, 9.17) is 32.0 Å². The maximum absolute atomic E-state index is 8.58. The number of hydrogen-bond acceptors (Lipinski definition) is 4. The molecule has 5 nitrogen and oxygen atoms in total. The third-order valence-electron chi connectivity index (χ3n) is 2.66. The number of nitrogens with zero attached hydrogens (tertiary/aromatic N) is 1. The van der Waals surface area contributed by atoms with Gasteiger partial charge < -0.3 is 20.4 Å². The summed E-state index contributed by atoms with van der Waals surface area (Å²) < 4.78 is 11.0. The predicted octanol–water partition coefficient (Wildman–Crippen LogP) is 2.88. The number of ether oxygens (including phenoxy) is 2. The van der Waals surface area contributed by atoms with E-state index in [1.807, 2.05) is 0 Å². The van der Waals surface area contributed by atoms with E-state index in [1.165, 1.54) is 0 Å². The molecule has 0 atom stereocenters. The van der Waals surface area contributed by atoms with Crippen LogP contribution in [0, 0.1) is 5.92 Å². The minimum absolute atomic E-state index is 0.00969. The SMILES string of the molecule is CC(C)CCOCCOc1ccc(C(N)=NO)cc1Cl. The molecule has 0 radical (unpaired) electrons. The van der Waals surface area contributed by atoms with Gasteiger partial charge in [-0.05, 0) is 30.5 Å². The monoisotopic (exact) mass is 300 g/mol. The van der Waals surface area contributed by atoms with Crippen LogP contribution in [0.1, 0.15) is 25.8 Å². The molecule has 1 aromatic carbocycles. The van der Waals surface area contributed by atoms with Crippen LogP contribution in [0.5, 0.6) is 5.75 Å². The first-order valence-electron chi connectivity index (χ1n) is 6.52. The number of amidine groups is 1. The second-order valence-corrected chi connectivity index (χ2v) is 5.18. The Hall–Kier alpha value is -1.46. The van der Waals surface area contributed by atoms with Crippen molar-refractivity contribution in [2.75, 3.05) is 19.8 Å². The van der Waals surface area contributed by atoms with Crippen molar-refractivity contribution in [1.82, 2.24) is 0 Å². The molecule has 0 heterocycles. The highest BCUT2D eigenvalue weighted by Crippen LogP contribution is 2.25. The van der Waals surface area contributed by atoms with Crippen LogP contribution in [-0.4, -0.2) is 30.9 Å². The third kappa shape index (κ3) is 5.67. The molecule has 20 heavy (non-hydrogen) atoms. The second-order valence-electron chi connectivity index (χ2n) is 4.77. The molecule has 0 fully saturated rings. The Bertz CT molecular complexity index is 450. The van der Waals surface area contributed by atoms with E-state index < -0.39 is 0 Å². The number of benzene rings is 1. The van der Waals surface area contributed by atoms with Crippen molar-refractivity contribution in [3.05, 3.63) is 28.8 Å². The van der Waals surface area contributed by atoms with E-state index in [-0.39, 0.29) is 5.84 Å².